The number of anilines is 1. The van der Waals surface area contributed by atoms with Crippen molar-refractivity contribution in [1.29, 1.82) is 0 Å². The van der Waals surface area contributed by atoms with Gasteiger partial charge in [0.2, 0.25) is 12.5 Å². The highest BCUT2D eigenvalue weighted by Crippen LogP contribution is 2.50. The molecule has 0 bridgehead atoms. The maximum absolute atomic E-state index is 14.5. The van der Waals surface area contributed by atoms with Crippen LogP contribution in [0.2, 0.25) is 5.02 Å². The van der Waals surface area contributed by atoms with Gasteiger partial charge in [-0.25, -0.2) is 11.0 Å². The number of aromatic nitrogens is 2. The van der Waals surface area contributed by atoms with Crippen LogP contribution in [0.3, 0.4) is 0 Å². The molecule has 1 aliphatic carbocycles. The van der Waals surface area contributed by atoms with Gasteiger partial charge < -0.3 is 19.4 Å². The number of aryl methyl sites for hydroxylation is 1. The lowest BCUT2D eigenvalue weighted by Crippen LogP contribution is -2.56. The number of piperazine rings is 1. The number of rotatable bonds is 6. The molecule has 11 heteroatoms. The van der Waals surface area contributed by atoms with Gasteiger partial charge in [-0.05, 0) is 62.5 Å². The average molecular weight is 620 g/mol. The van der Waals surface area contributed by atoms with Gasteiger partial charge in [0.25, 0.3) is 0 Å². The molecule has 44 heavy (non-hydrogen) atoms. The zero-order chi connectivity index (χ0) is 30.6. The largest absolute Gasteiger partial charge is 0.461 e. The molecule has 2 aromatic rings. The minimum absolute atomic E-state index is 0.159. The first-order chi connectivity index (χ1) is 21.3. The zero-order valence-corrected chi connectivity index (χ0v) is 26.0. The fourth-order valence-electron chi connectivity index (χ4n) is 8.62. The average Bonchev–Trinajstić information content (AvgIpc) is 3.67. The number of likely N-dealkylation sites (N-methyl/N-ethyl adjacent to an activating group) is 1. The summed E-state index contributed by atoms with van der Waals surface area (Å²) in [5, 5.41) is 0.786. The van der Waals surface area contributed by atoms with Crippen LogP contribution in [0.15, 0.2) is 30.9 Å². The van der Waals surface area contributed by atoms with Crippen molar-refractivity contribution in [3.05, 3.63) is 69.7 Å². The summed E-state index contributed by atoms with van der Waals surface area (Å²) in [5.41, 5.74) is 3.87. The Labute approximate surface area is 263 Å². The van der Waals surface area contributed by atoms with Gasteiger partial charge in [-0.1, -0.05) is 30.3 Å². The van der Waals surface area contributed by atoms with Crippen molar-refractivity contribution in [1.82, 2.24) is 24.7 Å². The number of fused-ring (bicyclic) bond motifs is 4. The molecule has 1 unspecified atom stereocenters. The van der Waals surface area contributed by atoms with Crippen molar-refractivity contribution in [2.24, 2.45) is 0 Å². The third kappa shape index (κ3) is 4.75. The molecule has 232 valence electrons. The standard InChI is InChI=1S/C33H39ClFN7O2/c1-4-28(43)42-14-13-40(19-24(42)17-36-2)30-25-20-39(3)33(11-9-22-7-5-8-26(34)29(22)33)16-27(25)37-31(38-30)44-21-32-10-6-12-41(32)18-23(35)15-32/h4-5,7-8,23-24H,1,6,9-21H2,3H3/t23-,24+,32+,33?/m1/s1. The second kappa shape index (κ2) is 11.3. The lowest BCUT2D eigenvalue weighted by atomic mass is 9.81. The molecule has 5 aliphatic rings. The third-order valence-corrected chi connectivity index (χ3v) is 11.1. The summed E-state index contributed by atoms with van der Waals surface area (Å²) in [7, 11) is 2.15. The highest BCUT2D eigenvalue weighted by atomic mass is 35.5. The Bertz CT molecular complexity index is 1530. The molecule has 0 radical (unpaired) electrons. The third-order valence-electron chi connectivity index (χ3n) is 10.8. The lowest BCUT2D eigenvalue weighted by Gasteiger charge is -2.46. The Morgan fingerprint density at radius 1 is 1.27 bits per heavy atom. The number of carbonyl (C=O) groups excluding carboxylic acids is 1. The molecule has 3 fully saturated rings. The molecule has 1 aromatic heterocycles. The van der Waals surface area contributed by atoms with Gasteiger partial charge in [0.1, 0.15) is 24.6 Å². The number of nitrogens with zero attached hydrogens (tertiary/aromatic N) is 7. The van der Waals surface area contributed by atoms with Crippen molar-refractivity contribution in [3.8, 4) is 6.01 Å². The van der Waals surface area contributed by atoms with Crippen molar-refractivity contribution >= 4 is 23.3 Å². The van der Waals surface area contributed by atoms with Crippen molar-refractivity contribution in [2.45, 2.75) is 68.4 Å². The molecule has 4 atom stereocenters. The molecule has 4 aliphatic heterocycles. The van der Waals surface area contributed by atoms with Crippen LogP contribution in [0.1, 0.15) is 48.1 Å². The quantitative estimate of drug-likeness (QED) is 0.357. The van der Waals surface area contributed by atoms with E-state index in [4.69, 9.17) is 32.9 Å². The van der Waals surface area contributed by atoms with E-state index in [2.05, 4.69) is 39.2 Å². The van der Waals surface area contributed by atoms with Gasteiger partial charge in [0, 0.05) is 56.2 Å². The number of carbonyl (C=O) groups is 1. The van der Waals surface area contributed by atoms with Gasteiger partial charge in [-0.3, -0.25) is 14.6 Å². The molecule has 1 spiro atoms. The number of benzene rings is 1. The highest BCUT2D eigenvalue weighted by Gasteiger charge is 2.50. The molecule has 9 nitrogen and oxygen atoms in total. The number of hydrogen-bond donors (Lipinski definition) is 0. The van der Waals surface area contributed by atoms with Crippen LogP contribution in [0.25, 0.3) is 4.85 Å². The van der Waals surface area contributed by atoms with E-state index in [1.807, 2.05) is 12.1 Å². The van der Waals surface area contributed by atoms with Gasteiger partial charge in [-0.2, -0.15) is 9.97 Å². The number of alkyl halides is 1. The van der Waals surface area contributed by atoms with Crippen molar-refractivity contribution in [3.63, 3.8) is 0 Å². The van der Waals surface area contributed by atoms with Gasteiger partial charge >= 0.3 is 6.01 Å². The molecule has 5 heterocycles. The van der Waals surface area contributed by atoms with E-state index in [1.165, 1.54) is 17.2 Å². The predicted molar refractivity (Wildman–Crippen MR) is 167 cm³/mol. The molecule has 7 rings (SSSR count). The monoisotopic (exact) mass is 619 g/mol. The summed E-state index contributed by atoms with van der Waals surface area (Å²) in [5.74, 6) is 0.633. The van der Waals surface area contributed by atoms with Crippen LogP contribution < -0.4 is 9.64 Å². The first-order valence-corrected chi connectivity index (χ1v) is 16.1. The summed E-state index contributed by atoms with van der Waals surface area (Å²) in [6, 6.07) is 6.21. The van der Waals surface area contributed by atoms with Gasteiger partial charge in [0.15, 0.2) is 0 Å². The minimum Gasteiger partial charge on any atom is -0.461 e. The van der Waals surface area contributed by atoms with Gasteiger partial charge in [0.05, 0.1) is 16.8 Å². The highest BCUT2D eigenvalue weighted by molar-refractivity contribution is 6.31. The predicted octanol–water partition coefficient (Wildman–Crippen LogP) is 4.04. The maximum atomic E-state index is 14.5. The fraction of sp³-hybridized carbons (Fsp3) is 0.576. The minimum atomic E-state index is -0.838. The molecule has 0 N–H and O–H groups in total. The maximum Gasteiger partial charge on any atom is 0.318 e. The van der Waals surface area contributed by atoms with Gasteiger partial charge in [-0.15, -0.1) is 0 Å². The van der Waals surface area contributed by atoms with E-state index in [-0.39, 0.29) is 29.6 Å². The fourth-order valence-corrected chi connectivity index (χ4v) is 8.99. The normalized spacial score (nSPS) is 29.8. The van der Waals surface area contributed by atoms with E-state index in [9.17, 15) is 9.18 Å². The number of halogens is 2. The van der Waals surface area contributed by atoms with E-state index in [0.29, 0.717) is 58.2 Å². The lowest BCUT2D eigenvalue weighted by molar-refractivity contribution is -0.128. The topological polar surface area (TPSA) is 69.4 Å². The Hall–Kier alpha value is -3.26. The van der Waals surface area contributed by atoms with Crippen molar-refractivity contribution < 1.29 is 13.9 Å². The van der Waals surface area contributed by atoms with Crippen molar-refractivity contribution in [2.75, 3.05) is 57.8 Å². The van der Waals surface area contributed by atoms with E-state index in [0.717, 1.165) is 54.3 Å². The molecule has 3 saturated heterocycles. The summed E-state index contributed by atoms with van der Waals surface area (Å²) in [6.45, 7) is 15.3. The van der Waals surface area contributed by atoms with E-state index < -0.39 is 6.17 Å². The summed E-state index contributed by atoms with van der Waals surface area (Å²) in [4.78, 5) is 34.9. The van der Waals surface area contributed by atoms with Crippen LogP contribution in [-0.4, -0.2) is 101 Å². The molecule has 1 amide bonds. The Balaban J connectivity index is 1.26. The van der Waals surface area contributed by atoms with Crippen LogP contribution in [0.4, 0.5) is 10.2 Å². The van der Waals surface area contributed by atoms with Crippen LogP contribution in [-0.2, 0) is 29.7 Å². The first-order valence-electron chi connectivity index (χ1n) is 15.7. The van der Waals surface area contributed by atoms with Crippen LogP contribution in [0.5, 0.6) is 6.01 Å². The SMILES string of the molecule is [C-]#[N+]C[C@H]1CN(c2nc(OC[C@@]34CCCN3C[C@H](F)C4)nc3c2CN(C)C2(CCc4cccc(Cl)c42)C3)CCN1C(=O)C=C. The molecule has 1 aromatic carbocycles. The van der Waals surface area contributed by atoms with Crippen LogP contribution in [0, 0.1) is 6.57 Å². The first kappa shape index (κ1) is 29.5. The Morgan fingerprint density at radius 2 is 2.14 bits per heavy atom. The number of hydrogen-bond acceptors (Lipinski definition) is 7. The second-order valence-corrected chi connectivity index (χ2v) is 13.5. The second-order valence-electron chi connectivity index (χ2n) is 13.1. The summed E-state index contributed by atoms with van der Waals surface area (Å²) < 4.78 is 21.0. The van der Waals surface area contributed by atoms with E-state index in [1.54, 1.807) is 4.90 Å². The van der Waals surface area contributed by atoms with E-state index >= 15 is 0 Å². The molecule has 0 saturated carbocycles. The van der Waals surface area contributed by atoms with Crippen LogP contribution >= 0.6 is 11.6 Å². The Morgan fingerprint density at radius 3 is 2.95 bits per heavy atom. The summed E-state index contributed by atoms with van der Waals surface area (Å²) >= 11 is 6.86. The Kier molecular flexibility index (Phi) is 7.54. The molecular formula is C33H39ClFN7O2. The smallest absolute Gasteiger partial charge is 0.318 e. The number of amides is 1. The summed E-state index contributed by atoms with van der Waals surface area (Å²) in [6.07, 6.45) is 5.48. The molecular weight excluding hydrogens is 581 g/mol. The number of ether oxygens (including phenoxy) is 1. The zero-order valence-electron chi connectivity index (χ0n) is 25.3.